The molecule has 31 heavy (non-hydrogen) atoms. The molecular formula is C24H28N2O5. The summed E-state index contributed by atoms with van der Waals surface area (Å²) in [6, 6.07) is 15.4. The van der Waals surface area contributed by atoms with Gasteiger partial charge in [0, 0.05) is 13.1 Å². The van der Waals surface area contributed by atoms with Gasteiger partial charge in [-0.05, 0) is 24.1 Å². The molecule has 1 N–H and O–H groups in total. The predicted octanol–water partition coefficient (Wildman–Crippen LogP) is 2.94. The summed E-state index contributed by atoms with van der Waals surface area (Å²) in [6.45, 7) is 3.34. The van der Waals surface area contributed by atoms with Crippen molar-refractivity contribution in [1.29, 1.82) is 0 Å². The highest BCUT2D eigenvalue weighted by Gasteiger charge is 2.36. The van der Waals surface area contributed by atoms with E-state index in [0.29, 0.717) is 31.0 Å². The summed E-state index contributed by atoms with van der Waals surface area (Å²) in [5, 5.41) is 2.73. The molecule has 0 aliphatic carbocycles. The summed E-state index contributed by atoms with van der Waals surface area (Å²) < 4.78 is 11.1. The van der Waals surface area contributed by atoms with E-state index in [1.165, 1.54) is 4.90 Å². The second kappa shape index (κ2) is 11.2. The Bertz CT molecular complexity index is 900. The number of hydrogen-bond donors (Lipinski definition) is 1. The van der Waals surface area contributed by atoms with Crippen molar-refractivity contribution in [2.75, 3.05) is 19.7 Å². The zero-order valence-corrected chi connectivity index (χ0v) is 17.7. The third-order valence-electron chi connectivity index (χ3n) is 5.07. The van der Waals surface area contributed by atoms with Gasteiger partial charge in [-0.25, -0.2) is 0 Å². The molecule has 1 saturated heterocycles. The average molecular weight is 424 g/mol. The molecule has 1 unspecified atom stereocenters. The second-order valence-electron chi connectivity index (χ2n) is 7.35. The smallest absolute Gasteiger partial charge is 0.308 e. The Morgan fingerprint density at radius 3 is 2.61 bits per heavy atom. The van der Waals surface area contributed by atoms with Crippen molar-refractivity contribution in [3.63, 3.8) is 0 Å². The van der Waals surface area contributed by atoms with Crippen LogP contribution in [0.2, 0.25) is 0 Å². The van der Waals surface area contributed by atoms with Gasteiger partial charge in [0.25, 0.3) is 5.91 Å². The molecule has 2 aromatic rings. The monoisotopic (exact) mass is 424 g/mol. The van der Waals surface area contributed by atoms with Crippen molar-refractivity contribution >= 4 is 17.8 Å². The summed E-state index contributed by atoms with van der Waals surface area (Å²) in [5.74, 6) is -0.739. The minimum atomic E-state index is -0.923. The van der Waals surface area contributed by atoms with Crippen molar-refractivity contribution in [1.82, 2.24) is 10.2 Å². The number of piperazine rings is 1. The molecule has 7 heteroatoms. The molecule has 0 aromatic heterocycles. The van der Waals surface area contributed by atoms with Crippen LogP contribution in [0.25, 0.3) is 0 Å². The highest BCUT2D eigenvalue weighted by molar-refractivity contribution is 6.01. The first-order chi connectivity index (χ1) is 15.1. The number of benzene rings is 2. The van der Waals surface area contributed by atoms with Gasteiger partial charge in [-0.1, -0.05) is 55.8 Å². The number of amides is 2. The van der Waals surface area contributed by atoms with Crippen molar-refractivity contribution < 1.29 is 23.9 Å². The Hall–Kier alpha value is -3.35. The van der Waals surface area contributed by atoms with E-state index in [2.05, 4.69) is 12.2 Å². The zero-order chi connectivity index (χ0) is 22.1. The van der Waals surface area contributed by atoms with Gasteiger partial charge in [-0.3, -0.25) is 14.4 Å². The predicted molar refractivity (Wildman–Crippen MR) is 116 cm³/mol. The van der Waals surface area contributed by atoms with Crippen LogP contribution in [0.5, 0.6) is 5.75 Å². The van der Waals surface area contributed by atoms with Gasteiger partial charge in [0.05, 0.1) is 18.6 Å². The molecule has 1 aliphatic heterocycles. The third kappa shape index (κ3) is 6.07. The van der Waals surface area contributed by atoms with E-state index < -0.39 is 12.0 Å². The maximum atomic E-state index is 13.3. The Labute approximate surface area is 182 Å². The van der Waals surface area contributed by atoms with Gasteiger partial charge in [0.2, 0.25) is 5.91 Å². The lowest BCUT2D eigenvalue weighted by atomic mass is 10.1. The normalized spacial score (nSPS) is 15.8. The van der Waals surface area contributed by atoms with E-state index in [1.54, 1.807) is 24.3 Å². The molecule has 1 heterocycles. The molecule has 1 fully saturated rings. The fourth-order valence-corrected chi connectivity index (χ4v) is 3.37. The van der Waals surface area contributed by atoms with Crippen LogP contribution in [0.1, 0.15) is 42.1 Å². The SMILES string of the molecule is CCCCOc1ccccc1C(=O)N1CCNC(=O)C1CC(=O)OCc1ccccc1. The van der Waals surface area contributed by atoms with Gasteiger partial charge in [-0.2, -0.15) is 0 Å². The number of carbonyl (C=O) groups excluding carboxylic acids is 3. The highest BCUT2D eigenvalue weighted by atomic mass is 16.5. The summed E-state index contributed by atoms with van der Waals surface area (Å²) >= 11 is 0. The van der Waals surface area contributed by atoms with Gasteiger partial charge in [-0.15, -0.1) is 0 Å². The Kier molecular flexibility index (Phi) is 8.04. The van der Waals surface area contributed by atoms with Crippen LogP contribution in [-0.2, 0) is 20.9 Å². The van der Waals surface area contributed by atoms with Crippen LogP contribution in [0.3, 0.4) is 0 Å². The minimum Gasteiger partial charge on any atom is -0.493 e. The van der Waals surface area contributed by atoms with E-state index in [9.17, 15) is 14.4 Å². The zero-order valence-electron chi connectivity index (χ0n) is 17.7. The first-order valence-electron chi connectivity index (χ1n) is 10.6. The molecule has 164 valence electrons. The molecule has 1 aliphatic rings. The van der Waals surface area contributed by atoms with Crippen LogP contribution in [0, 0.1) is 0 Å². The van der Waals surface area contributed by atoms with Gasteiger partial charge < -0.3 is 19.7 Å². The summed E-state index contributed by atoms with van der Waals surface area (Å²) in [6.07, 6.45) is 1.66. The standard InChI is InChI=1S/C24H28N2O5/c1-2-3-15-30-21-12-8-7-11-19(21)24(29)26-14-13-25-23(28)20(26)16-22(27)31-17-18-9-5-4-6-10-18/h4-12,20H,2-3,13-17H2,1H3,(H,25,28). The maximum absolute atomic E-state index is 13.3. The lowest BCUT2D eigenvalue weighted by molar-refractivity contribution is -0.148. The average Bonchev–Trinajstić information content (AvgIpc) is 2.80. The van der Waals surface area contributed by atoms with Crippen LogP contribution in [0.15, 0.2) is 54.6 Å². The van der Waals surface area contributed by atoms with Crippen LogP contribution >= 0.6 is 0 Å². The molecule has 0 spiro atoms. The maximum Gasteiger partial charge on any atom is 0.308 e. The van der Waals surface area contributed by atoms with E-state index in [0.717, 1.165) is 18.4 Å². The van der Waals surface area contributed by atoms with Crippen LogP contribution in [0.4, 0.5) is 0 Å². The molecule has 3 rings (SSSR count). The molecule has 0 saturated carbocycles. The lowest BCUT2D eigenvalue weighted by Gasteiger charge is -2.34. The molecule has 0 radical (unpaired) electrons. The molecule has 2 aromatic carbocycles. The number of hydrogen-bond acceptors (Lipinski definition) is 5. The van der Waals surface area contributed by atoms with Crippen molar-refractivity contribution in [3.8, 4) is 5.75 Å². The summed E-state index contributed by atoms with van der Waals surface area (Å²) in [7, 11) is 0. The minimum absolute atomic E-state index is 0.121. The Morgan fingerprint density at radius 2 is 1.84 bits per heavy atom. The summed E-state index contributed by atoms with van der Waals surface area (Å²) in [5.41, 5.74) is 1.24. The number of para-hydroxylation sites is 1. The highest BCUT2D eigenvalue weighted by Crippen LogP contribution is 2.23. The van der Waals surface area contributed by atoms with Crippen LogP contribution < -0.4 is 10.1 Å². The first kappa shape index (κ1) is 22.3. The topological polar surface area (TPSA) is 84.9 Å². The molecule has 2 amide bonds. The largest absolute Gasteiger partial charge is 0.493 e. The van der Waals surface area contributed by atoms with E-state index >= 15 is 0 Å². The van der Waals surface area contributed by atoms with Crippen LogP contribution in [-0.4, -0.2) is 48.4 Å². The number of nitrogens with zero attached hydrogens (tertiary/aromatic N) is 1. The number of carbonyl (C=O) groups is 3. The van der Waals surface area contributed by atoms with E-state index in [-0.39, 0.29) is 24.8 Å². The van der Waals surface area contributed by atoms with Gasteiger partial charge in [0.15, 0.2) is 0 Å². The quantitative estimate of drug-likeness (QED) is 0.494. The molecule has 1 atom stereocenters. The van der Waals surface area contributed by atoms with Gasteiger partial charge in [0.1, 0.15) is 18.4 Å². The van der Waals surface area contributed by atoms with Crippen molar-refractivity contribution in [2.45, 2.75) is 38.8 Å². The summed E-state index contributed by atoms with van der Waals surface area (Å²) in [4.78, 5) is 39.6. The lowest BCUT2D eigenvalue weighted by Crippen LogP contribution is -2.57. The molecule has 7 nitrogen and oxygen atoms in total. The van der Waals surface area contributed by atoms with Gasteiger partial charge >= 0.3 is 5.97 Å². The van der Waals surface area contributed by atoms with E-state index in [4.69, 9.17) is 9.47 Å². The fourth-order valence-electron chi connectivity index (χ4n) is 3.37. The first-order valence-corrected chi connectivity index (χ1v) is 10.6. The Morgan fingerprint density at radius 1 is 1.10 bits per heavy atom. The number of rotatable bonds is 9. The second-order valence-corrected chi connectivity index (χ2v) is 7.35. The Balaban J connectivity index is 1.69. The molecular weight excluding hydrogens is 396 g/mol. The van der Waals surface area contributed by atoms with E-state index in [1.807, 2.05) is 30.3 Å². The fraction of sp³-hybridized carbons (Fsp3) is 0.375. The number of nitrogens with one attached hydrogen (secondary N) is 1. The van der Waals surface area contributed by atoms with Crippen molar-refractivity contribution in [3.05, 3.63) is 65.7 Å². The number of unbranched alkanes of at least 4 members (excludes halogenated alkanes) is 1. The molecule has 0 bridgehead atoms. The number of ether oxygens (including phenoxy) is 2. The van der Waals surface area contributed by atoms with Crippen molar-refractivity contribution in [2.24, 2.45) is 0 Å². The number of esters is 1. The third-order valence-corrected chi connectivity index (χ3v) is 5.07.